The zero-order valence-electron chi connectivity index (χ0n) is 15.5. The van der Waals surface area contributed by atoms with Gasteiger partial charge in [-0.2, -0.15) is 0 Å². The number of piperazine rings is 1. The Morgan fingerprint density at radius 2 is 1.56 bits per heavy atom. The van der Waals surface area contributed by atoms with E-state index in [0.717, 1.165) is 13.1 Å². The summed E-state index contributed by atoms with van der Waals surface area (Å²) >= 11 is 0. The zero-order chi connectivity index (χ0) is 18.4. The lowest BCUT2D eigenvalue weighted by Crippen LogP contribution is -2.49. The molecule has 1 aliphatic rings. The highest BCUT2D eigenvalue weighted by Gasteiger charge is 2.24. The smallest absolute Gasteiger partial charge is 0.234 e. The SMILES string of the molecule is CC(C)c1ccc(C(C)N2CCN(C(=O)CCC(=O)NN)CC2)cc1. The van der Waals surface area contributed by atoms with Gasteiger partial charge in [-0.05, 0) is 24.0 Å². The molecule has 138 valence electrons. The molecule has 1 atom stereocenters. The van der Waals surface area contributed by atoms with Crippen LogP contribution in [0, 0.1) is 0 Å². The van der Waals surface area contributed by atoms with E-state index in [-0.39, 0.29) is 24.7 Å². The second-order valence-corrected chi connectivity index (χ2v) is 6.98. The lowest BCUT2D eigenvalue weighted by molar-refractivity contribution is -0.135. The number of hydrogen-bond donors (Lipinski definition) is 2. The maximum Gasteiger partial charge on any atom is 0.234 e. The Kier molecular flexibility index (Phi) is 6.96. The molecule has 1 heterocycles. The van der Waals surface area contributed by atoms with Crippen molar-refractivity contribution in [3.05, 3.63) is 35.4 Å². The first kappa shape index (κ1) is 19.4. The molecule has 1 saturated heterocycles. The Balaban J connectivity index is 1.84. The highest BCUT2D eigenvalue weighted by Crippen LogP contribution is 2.24. The molecular formula is C19H30N4O2. The quantitative estimate of drug-likeness (QED) is 0.468. The van der Waals surface area contributed by atoms with Gasteiger partial charge < -0.3 is 4.90 Å². The summed E-state index contributed by atoms with van der Waals surface area (Å²) in [6.07, 6.45) is 0.364. The van der Waals surface area contributed by atoms with Crippen molar-refractivity contribution in [3.63, 3.8) is 0 Å². The molecule has 25 heavy (non-hydrogen) atoms. The average molecular weight is 346 g/mol. The van der Waals surface area contributed by atoms with Crippen molar-refractivity contribution in [2.45, 2.75) is 45.6 Å². The highest BCUT2D eigenvalue weighted by molar-refractivity contribution is 5.83. The molecule has 0 bridgehead atoms. The molecule has 1 aromatic carbocycles. The minimum Gasteiger partial charge on any atom is -0.340 e. The van der Waals surface area contributed by atoms with Crippen molar-refractivity contribution in [2.75, 3.05) is 26.2 Å². The van der Waals surface area contributed by atoms with Crippen molar-refractivity contribution in [1.29, 1.82) is 0 Å². The summed E-state index contributed by atoms with van der Waals surface area (Å²) in [6.45, 7) is 9.73. The van der Waals surface area contributed by atoms with Crippen molar-refractivity contribution in [1.82, 2.24) is 15.2 Å². The van der Waals surface area contributed by atoms with Gasteiger partial charge in [0.2, 0.25) is 11.8 Å². The standard InChI is InChI=1S/C19H30N4O2/c1-14(2)16-4-6-17(7-5-16)15(3)22-10-12-23(13-11-22)19(25)9-8-18(24)21-20/h4-7,14-15H,8-13,20H2,1-3H3,(H,21,24). The zero-order valence-corrected chi connectivity index (χ0v) is 15.5. The Morgan fingerprint density at radius 3 is 2.08 bits per heavy atom. The maximum absolute atomic E-state index is 12.2. The van der Waals surface area contributed by atoms with Crippen molar-refractivity contribution in [2.24, 2.45) is 5.84 Å². The lowest BCUT2D eigenvalue weighted by Gasteiger charge is -2.38. The Hall–Kier alpha value is -1.92. The van der Waals surface area contributed by atoms with Crippen molar-refractivity contribution < 1.29 is 9.59 Å². The van der Waals surface area contributed by atoms with Crippen LogP contribution in [0.5, 0.6) is 0 Å². The first-order valence-electron chi connectivity index (χ1n) is 9.03. The van der Waals surface area contributed by atoms with Crippen LogP contribution in [0.2, 0.25) is 0 Å². The van der Waals surface area contributed by atoms with E-state index in [4.69, 9.17) is 5.84 Å². The van der Waals surface area contributed by atoms with E-state index >= 15 is 0 Å². The van der Waals surface area contributed by atoms with E-state index in [1.54, 1.807) is 0 Å². The summed E-state index contributed by atoms with van der Waals surface area (Å²) in [6, 6.07) is 9.17. The van der Waals surface area contributed by atoms with E-state index in [1.165, 1.54) is 11.1 Å². The number of nitrogens with one attached hydrogen (secondary N) is 1. The minimum absolute atomic E-state index is 0.0252. The summed E-state index contributed by atoms with van der Waals surface area (Å²) in [4.78, 5) is 27.5. The summed E-state index contributed by atoms with van der Waals surface area (Å²) in [5, 5.41) is 0. The molecule has 0 spiro atoms. The topological polar surface area (TPSA) is 78.7 Å². The molecule has 3 N–H and O–H groups in total. The Bertz CT molecular complexity index is 578. The third kappa shape index (κ3) is 5.28. The largest absolute Gasteiger partial charge is 0.340 e. The predicted octanol–water partition coefficient (Wildman–Crippen LogP) is 1.79. The molecule has 0 saturated carbocycles. The molecule has 6 heteroatoms. The number of hydrazine groups is 1. The lowest BCUT2D eigenvalue weighted by atomic mass is 9.99. The summed E-state index contributed by atoms with van der Waals surface area (Å²) in [7, 11) is 0. The first-order chi connectivity index (χ1) is 11.9. The number of hydrogen-bond acceptors (Lipinski definition) is 4. The number of benzene rings is 1. The van der Waals surface area contributed by atoms with E-state index < -0.39 is 0 Å². The van der Waals surface area contributed by atoms with Crippen LogP contribution in [0.3, 0.4) is 0 Å². The third-order valence-electron chi connectivity index (χ3n) is 5.03. The number of carbonyl (C=O) groups excluding carboxylic acids is 2. The molecule has 2 amide bonds. The van der Waals surface area contributed by atoms with Crippen LogP contribution in [-0.4, -0.2) is 47.8 Å². The second kappa shape index (κ2) is 8.97. The van der Waals surface area contributed by atoms with Gasteiger partial charge in [0.25, 0.3) is 0 Å². The Labute approximate surface area is 150 Å². The minimum atomic E-state index is -0.301. The van der Waals surface area contributed by atoms with E-state index in [0.29, 0.717) is 25.0 Å². The first-order valence-corrected chi connectivity index (χ1v) is 9.03. The van der Waals surface area contributed by atoms with Crippen LogP contribution in [0.4, 0.5) is 0 Å². The molecule has 1 aliphatic heterocycles. The van der Waals surface area contributed by atoms with Gasteiger partial charge in [0, 0.05) is 45.1 Å². The van der Waals surface area contributed by atoms with Gasteiger partial charge in [-0.3, -0.25) is 19.9 Å². The van der Waals surface area contributed by atoms with Crippen LogP contribution in [-0.2, 0) is 9.59 Å². The van der Waals surface area contributed by atoms with Gasteiger partial charge >= 0.3 is 0 Å². The molecule has 0 radical (unpaired) electrons. The fourth-order valence-corrected chi connectivity index (χ4v) is 3.18. The fraction of sp³-hybridized carbons (Fsp3) is 0.579. The van der Waals surface area contributed by atoms with Crippen molar-refractivity contribution >= 4 is 11.8 Å². The second-order valence-electron chi connectivity index (χ2n) is 6.98. The third-order valence-corrected chi connectivity index (χ3v) is 5.03. The fourth-order valence-electron chi connectivity index (χ4n) is 3.18. The molecule has 6 nitrogen and oxygen atoms in total. The van der Waals surface area contributed by atoms with Gasteiger partial charge in [-0.15, -0.1) is 0 Å². The number of carbonyl (C=O) groups is 2. The molecule has 1 aromatic rings. The average Bonchev–Trinajstić information content (AvgIpc) is 2.65. The van der Waals surface area contributed by atoms with E-state index in [1.807, 2.05) is 4.90 Å². The highest BCUT2D eigenvalue weighted by atomic mass is 16.2. The van der Waals surface area contributed by atoms with Gasteiger partial charge in [0.05, 0.1) is 0 Å². The molecule has 0 aliphatic carbocycles. The normalized spacial score (nSPS) is 16.8. The van der Waals surface area contributed by atoms with Crippen LogP contribution in [0.15, 0.2) is 24.3 Å². The van der Waals surface area contributed by atoms with Crippen LogP contribution in [0.1, 0.15) is 56.7 Å². The predicted molar refractivity (Wildman–Crippen MR) is 98.7 cm³/mol. The molecular weight excluding hydrogens is 316 g/mol. The number of rotatable bonds is 6. The van der Waals surface area contributed by atoms with Gasteiger partial charge in [0.15, 0.2) is 0 Å². The number of amides is 2. The summed E-state index contributed by atoms with van der Waals surface area (Å²) < 4.78 is 0. The van der Waals surface area contributed by atoms with Gasteiger partial charge in [0.1, 0.15) is 0 Å². The molecule has 1 fully saturated rings. The monoisotopic (exact) mass is 346 g/mol. The van der Waals surface area contributed by atoms with Crippen molar-refractivity contribution in [3.8, 4) is 0 Å². The number of nitrogens with two attached hydrogens (primary N) is 1. The Morgan fingerprint density at radius 1 is 1.00 bits per heavy atom. The van der Waals surface area contributed by atoms with Crippen LogP contribution >= 0.6 is 0 Å². The van der Waals surface area contributed by atoms with Crippen LogP contribution < -0.4 is 11.3 Å². The summed E-state index contributed by atoms with van der Waals surface area (Å²) in [5.74, 6) is 5.30. The van der Waals surface area contributed by atoms with E-state index in [9.17, 15) is 9.59 Å². The summed E-state index contributed by atoms with van der Waals surface area (Å²) in [5.41, 5.74) is 4.72. The molecule has 2 rings (SSSR count). The number of nitrogens with zero attached hydrogens (tertiary/aromatic N) is 2. The molecule has 0 aromatic heterocycles. The maximum atomic E-state index is 12.2. The van der Waals surface area contributed by atoms with Crippen LogP contribution in [0.25, 0.3) is 0 Å². The van der Waals surface area contributed by atoms with Gasteiger partial charge in [-0.1, -0.05) is 38.1 Å². The van der Waals surface area contributed by atoms with E-state index in [2.05, 4.69) is 55.4 Å². The van der Waals surface area contributed by atoms with Gasteiger partial charge in [-0.25, -0.2) is 5.84 Å². The molecule has 1 unspecified atom stereocenters.